The number of thiocarbonyl (C=S) groups is 1. The highest BCUT2D eigenvalue weighted by Crippen LogP contribution is 2.05. The molecule has 0 bridgehead atoms. The predicted molar refractivity (Wildman–Crippen MR) is 70.9 cm³/mol. The van der Waals surface area contributed by atoms with E-state index in [2.05, 4.69) is 5.32 Å². The van der Waals surface area contributed by atoms with Crippen molar-refractivity contribution in [3.8, 4) is 0 Å². The summed E-state index contributed by atoms with van der Waals surface area (Å²) in [4.78, 5) is 14.1. The fourth-order valence-electron chi connectivity index (χ4n) is 1.64. The fourth-order valence-corrected chi connectivity index (χ4v) is 1.79. The lowest BCUT2D eigenvalue weighted by atomic mass is 10.2. The molecule has 1 saturated heterocycles. The molecule has 5 nitrogen and oxygen atoms in total. The SMILES string of the molecule is CCC(C)NC(=O)CN1CCOC(C(N)=S)C1. The van der Waals surface area contributed by atoms with Gasteiger partial charge in [-0.05, 0) is 13.3 Å². The maximum atomic E-state index is 11.7. The second kappa shape index (κ2) is 6.88. The monoisotopic (exact) mass is 259 g/mol. The van der Waals surface area contributed by atoms with E-state index in [1.165, 1.54) is 0 Å². The highest BCUT2D eigenvalue weighted by molar-refractivity contribution is 7.80. The van der Waals surface area contributed by atoms with Crippen LogP contribution in [-0.2, 0) is 9.53 Å². The number of carbonyl (C=O) groups is 1. The van der Waals surface area contributed by atoms with Gasteiger partial charge in [-0.25, -0.2) is 0 Å². The van der Waals surface area contributed by atoms with Gasteiger partial charge in [-0.15, -0.1) is 0 Å². The number of hydrogen-bond acceptors (Lipinski definition) is 4. The molecule has 0 aromatic carbocycles. The maximum absolute atomic E-state index is 11.7. The number of nitrogens with two attached hydrogens (primary N) is 1. The molecule has 0 aromatic rings. The van der Waals surface area contributed by atoms with Crippen LogP contribution in [0, 0.1) is 0 Å². The Labute approximate surface area is 108 Å². The lowest BCUT2D eigenvalue weighted by Crippen LogP contribution is -2.51. The minimum absolute atomic E-state index is 0.0444. The van der Waals surface area contributed by atoms with Crippen LogP contribution in [0.25, 0.3) is 0 Å². The molecule has 1 rings (SSSR count). The molecule has 1 aliphatic heterocycles. The third-order valence-electron chi connectivity index (χ3n) is 2.85. The molecule has 6 heteroatoms. The average Bonchev–Trinajstić information content (AvgIpc) is 2.28. The van der Waals surface area contributed by atoms with Crippen molar-refractivity contribution < 1.29 is 9.53 Å². The van der Waals surface area contributed by atoms with E-state index in [1.54, 1.807) is 0 Å². The van der Waals surface area contributed by atoms with Crippen LogP contribution in [0.3, 0.4) is 0 Å². The zero-order valence-corrected chi connectivity index (χ0v) is 11.3. The molecule has 3 N–H and O–H groups in total. The Hall–Kier alpha value is -0.720. The Morgan fingerprint density at radius 1 is 1.71 bits per heavy atom. The summed E-state index contributed by atoms with van der Waals surface area (Å²) in [6.07, 6.45) is 0.708. The Morgan fingerprint density at radius 3 is 3.00 bits per heavy atom. The summed E-state index contributed by atoms with van der Waals surface area (Å²) >= 11 is 4.90. The summed E-state index contributed by atoms with van der Waals surface area (Å²) in [5, 5.41) is 2.94. The quantitative estimate of drug-likeness (QED) is 0.674. The van der Waals surface area contributed by atoms with Gasteiger partial charge in [0.05, 0.1) is 13.2 Å². The van der Waals surface area contributed by atoms with E-state index in [0.29, 0.717) is 24.7 Å². The predicted octanol–water partition coefficient (Wildman–Crippen LogP) is -0.112. The van der Waals surface area contributed by atoms with Crippen LogP contribution in [-0.4, -0.2) is 54.2 Å². The normalized spacial score (nSPS) is 23.1. The number of morpholine rings is 1. The van der Waals surface area contributed by atoms with Crippen LogP contribution in [0.5, 0.6) is 0 Å². The van der Waals surface area contributed by atoms with E-state index in [9.17, 15) is 4.79 Å². The number of rotatable bonds is 5. The van der Waals surface area contributed by atoms with E-state index in [4.69, 9.17) is 22.7 Å². The van der Waals surface area contributed by atoms with Crippen LogP contribution in [0.1, 0.15) is 20.3 Å². The molecule has 17 heavy (non-hydrogen) atoms. The first-order chi connectivity index (χ1) is 8.02. The van der Waals surface area contributed by atoms with Crippen molar-refractivity contribution in [3.63, 3.8) is 0 Å². The van der Waals surface area contributed by atoms with Crippen molar-refractivity contribution in [2.75, 3.05) is 26.2 Å². The Balaban J connectivity index is 2.35. The maximum Gasteiger partial charge on any atom is 0.234 e. The van der Waals surface area contributed by atoms with Gasteiger partial charge in [-0.1, -0.05) is 19.1 Å². The molecule has 0 aromatic heterocycles. The molecule has 0 spiro atoms. The van der Waals surface area contributed by atoms with Gasteiger partial charge in [0.1, 0.15) is 11.1 Å². The van der Waals surface area contributed by atoms with Gasteiger partial charge < -0.3 is 15.8 Å². The van der Waals surface area contributed by atoms with E-state index < -0.39 is 0 Å². The van der Waals surface area contributed by atoms with Gasteiger partial charge in [0, 0.05) is 19.1 Å². The molecule has 1 fully saturated rings. The lowest BCUT2D eigenvalue weighted by molar-refractivity contribution is -0.124. The summed E-state index contributed by atoms with van der Waals surface area (Å²) < 4.78 is 5.41. The van der Waals surface area contributed by atoms with Crippen molar-refractivity contribution in [2.24, 2.45) is 5.73 Å². The summed E-state index contributed by atoms with van der Waals surface area (Å²) in [5.74, 6) is 0.0444. The van der Waals surface area contributed by atoms with Gasteiger partial charge in [0.15, 0.2) is 0 Å². The molecule has 2 unspecified atom stereocenters. The van der Waals surface area contributed by atoms with Crippen molar-refractivity contribution in [1.29, 1.82) is 0 Å². The van der Waals surface area contributed by atoms with Crippen molar-refractivity contribution in [2.45, 2.75) is 32.4 Å². The third kappa shape index (κ3) is 4.97. The zero-order chi connectivity index (χ0) is 12.8. The molecule has 1 heterocycles. The minimum atomic E-state index is -0.227. The third-order valence-corrected chi connectivity index (χ3v) is 3.12. The van der Waals surface area contributed by atoms with Crippen LogP contribution in [0.2, 0.25) is 0 Å². The molecule has 0 saturated carbocycles. The number of hydrogen-bond donors (Lipinski definition) is 2. The average molecular weight is 259 g/mol. The standard InChI is InChI=1S/C11H21N3O2S/c1-3-8(2)13-10(15)7-14-4-5-16-9(6-14)11(12)17/h8-9H,3-7H2,1-2H3,(H2,12,17)(H,13,15). The van der Waals surface area contributed by atoms with Gasteiger partial charge in [-0.3, -0.25) is 9.69 Å². The van der Waals surface area contributed by atoms with Crippen molar-refractivity contribution >= 4 is 23.1 Å². The van der Waals surface area contributed by atoms with Crippen LogP contribution >= 0.6 is 12.2 Å². The van der Waals surface area contributed by atoms with Crippen LogP contribution in [0.15, 0.2) is 0 Å². The Kier molecular flexibility index (Phi) is 5.80. The molecule has 0 radical (unpaired) electrons. The van der Waals surface area contributed by atoms with Gasteiger partial charge in [0.2, 0.25) is 5.91 Å². The number of amides is 1. The largest absolute Gasteiger partial charge is 0.391 e. The zero-order valence-electron chi connectivity index (χ0n) is 10.4. The lowest BCUT2D eigenvalue weighted by Gasteiger charge is -2.32. The van der Waals surface area contributed by atoms with E-state index in [-0.39, 0.29) is 18.1 Å². The van der Waals surface area contributed by atoms with E-state index in [1.807, 2.05) is 18.7 Å². The van der Waals surface area contributed by atoms with Crippen molar-refractivity contribution in [1.82, 2.24) is 10.2 Å². The summed E-state index contributed by atoms with van der Waals surface area (Å²) in [5.41, 5.74) is 5.54. The molecular weight excluding hydrogens is 238 g/mol. The molecule has 2 atom stereocenters. The minimum Gasteiger partial charge on any atom is -0.391 e. The number of ether oxygens (including phenoxy) is 1. The smallest absolute Gasteiger partial charge is 0.234 e. The first-order valence-electron chi connectivity index (χ1n) is 5.95. The Bertz CT molecular complexity index is 286. The summed E-state index contributed by atoms with van der Waals surface area (Å²) in [6, 6.07) is 0.218. The van der Waals surface area contributed by atoms with E-state index in [0.717, 1.165) is 13.0 Å². The van der Waals surface area contributed by atoms with Gasteiger partial charge in [0.25, 0.3) is 0 Å². The summed E-state index contributed by atoms with van der Waals surface area (Å²) in [7, 11) is 0. The molecule has 1 amide bonds. The van der Waals surface area contributed by atoms with Crippen molar-refractivity contribution in [3.05, 3.63) is 0 Å². The van der Waals surface area contributed by atoms with Crippen LogP contribution in [0.4, 0.5) is 0 Å². The molecular formula is C11H21N3O2S. The second-order valence-corrected chi connectivity index (χ2v) is 4.85. The molecule has 1 aliphatic rings. The first-order valence-corrected chi connectivity index (χ1v) is 6.36. The molecule has 0 aliphatic carbocycles. The number of carbonyl (C=O) groups excluding carboxylic acids is 1. The van der Waals surface area contributed by atoms with Gasteiger partial charge >= 0.3 is 0 Å². The highest BCUT2D eigenvalue weighted by Gasteiger charge is 2.23. The topological polar surface area (TPSA) is 67.6 Å². The molecule has 98 valence electrons. The number of nitrogens with zero attached hydrogens (tertiary/aromatic N) is 1. The Morgan fingerprint density at radius 2 is 2.41 bits per heavy atom. The summed E-state index contributed by atoms with van der Waals surface area (Å²) in [6.45, 7) is 6.33. The van der Waals surface area contributed by atoms with Gasteiger partial charge in [-0.2, -0.15) is 0 Å². The second-order valence-electron chi connectivity index (χ2n) is 4.37. The number of nitrogens with one attached hydrogen (secondary N) is 1. The first kappa shape index (κ1) is 14.3. The fraction of sp³-hybridized carbons (Fsp3) is 0.818. The highest BCUT2D eigenvalue weighted by atomic mass is 32.1. The van der Waals surface area contributed by atoms with Crippen LogP contribution < -0.4 is 11.1 Å². The van der Waals surface area contributed by atoms with E-state index >= 15 is 0 Å².